The van der Waals surface area contributed by atoms with Crippen LogP contribution in [0.1, 0.15) is 40.0 Å². The summed E-state index contributed by atoms with van der Waals surface area (Å²) in [6.07, 6.45) is -1.92. The van der Waals surface area contributed by atoms with Gasteiger partial charge in [-0.1, -0.05) is 33.0 Å². The number of ether oxygens (including phenoxy) is 1. The van der Waals surface area contributed by atoms with E-state index in [1.165, 1.54) is 0 Å². The molecule has 0 radical (unpaired) electrons. The summed E-state index contributed by atoms with van der Waals surface area (Å²) >= 11 is 4.48. The number of halogens is 3. The second kappa shape index (κ2) is 5.95. The average molecular weight is 297 g/mol. The van der Waals surface area contributed by atoms with E-state index in [0.29, 0.717) is 5.92 Å². The largest absolute Gasteiger partial charge is 0.400 e. The summed E-state index contributed by atoms with van der Waals surface area (Å²) in [4.78, 5) is -0.546. The lowest BCUT2D eigenvalue weighted by Crippen LogP contribution is -2.40. The summed E-state index contributed by atoms with van der Waals surface area (Å²) in [5.74, 6) is -1.38. The van der Waals surface area contributed by atoms with Crippen molar-refractivity contribution in [2.75, 3.05) is 6.61 Å². The van der Waals surface area contributed by atoms with Crippen LogP contribution >= 0.6 is 12.2 Å². The fourth-order valence-corrected chi connectivity index (χ4v) is 3.16. The van der Waals surface area contributed by atoms with E-state index in [9.17, 15) is 13.2 Å². The Kier molecular flexibility index (Phi) is 5.23. The van der Waals surface area contributed by atoms with Crippen molar-refractivity contribution in [3.8, 4) is 0 Å². The summed E-state index contributed by atoms with van der Waals surface area (Å²) in [7, 11) is 0. The second-order valence-electron chi connectivity index (χ2n) is 6.37. The highest BCUT2D eigenvalue weighted by Crippen LogP contribution is 2.40. The van der Waals surface area contributed by atoms with Crippen LogP contribution in [0.25, 0.3) is 0 Å². The number of rotatable bonds is 4. The molecule has 0 aromatic rings. The molecule has 0 heterocycles. The predicted octanol–water partition coefficient (Wildman–Crippen LogP) is 3.68. The molecule has 2 nitrogen and oxygen atoms in total. The minimum absolute atomic E-state index is 0.110. The van der Waals surface area contributed by atoms with E-state index >= 15 is 0 Å². The van der Waals surface area contributed by atoms with Gasteiger partial charge < -0.3 is 10.5 Å². The molecular weight excluding hydrogens is 275 g/mol. The van der Waals surface area contributed by atoms with Crippen LogP contribution in [0, 0.1) is 17.3 Å². The maximum Gasteiger partial charge on any atom is 0.400 e. The average Bonchev–Trinajstić information content (AvgIpc) is 2.10. The van der Waals surface area contributed by atoms with Crippen molar-refractivity contribution in [3.05, 3.63) is 0 Å². The Bertz CT molecular complexity index is 330. The zero-order valence-corrected chi connectivity index (χ0v) is 12.4. The molecule has 0 aliphatic heterocycles. The SMILES string of the molecule is CC1CC(OCC(C(N)=S)C(F)(F)F)CC(C)(C)C1. The monoisotopic (exact) mass is 297 g/mol. The summed E-state index contributed by atoms with van der Waals surface area (Å²) in [6.45, 7) is 5.88. The highest BCUT2D eigenvalue weighted by Gasteiger charge is 2.43. The van der Waals surface area contributed by atoms with Gasteiger partial charge in [-0.05, 0) is 30.6 Å². The van der Waals surface area contributed by atoms with E-state index in [-0.39, 0.29) is 11.5 Å². The number of hydrogen-bond donors (Lipinski definition) is 1. The third-order valence-electron chi connectivity index (χ3n) is 3.58. The molecule has 19 heavy (non-hydrogen) atoms. The van der Waals surface area contributed by atoms with Gasteiger partial charge >= 0.3 is 6.18 Å². The molecule has 3 atom stereocenters. The zero-order chi connectivity index (χ0) is 14.8. The minimum atomic E-state index is -4.43. The Labute approximate surface area is 117 Å². The van der Waals surface area contributed by atoms with E-state index in [1.54, 1.807) is 0 Å². The fourth-order valence-electron chi connectivity index (χ4n) is 2.96. The Balaban J connectivity index is 2.57. The van der Waals surface area contributed by atoms with Gasteiger partial charge in [0.15, 0.2) is 0 Å². The van der Waals surface area contributed by atoms with Gasteiger partial charge in [-0.15, -0.1) is 0 Å². The second-order valence-corrected chi connectivity index (χ2v) is 6.84. The lowest BCUT2D eigenvalue weighted by atomic mass is 9.71. The van der Waals surface area contributed by atoms with E-state index in [1.807, 2.05) is 0 Å². The van der Waals surface area contributed by atoms with Crippen molar-refractivity contribution >= 4 is 17.2 Å². The molecule has 0 aromatic carbocycles. The molecule has 2 N–H and O–H groups in total. The highest BCUT2D eigenvalue weighted by atomic mass is 32.1. The molecule has 0 saturated heterocycles. The standard InChI is InChI=1S/C13H22F3NOS/c1-8-4-9(6-12(2,3)5-8)18-7-10(11(17)19)13(14,15)16/h8-10H,4-7H2,1-3H3,(H2,17,19). The number of alkyl halides is 3. The maximum atomic E-state index is 12.7. The molecule has 1 fully saturated rings. The Morgan fingerprint density at radius 2 is 2.00 bits per heavy atom. The molecule has 0 bridgehead atoms. The number of nitrogens with two attached hydrogens (primary N) is 1. The van der Waals surface area contributed by atoms with Crippen molar-refractivity contribution in [3.63, 3.8) is 0 Å². The first kappa shape index (κ1) is 16.7. The summed E-state index contributed by atoms with van der Waals surface area (Å²) < 4.78 is 43.6. The van der Waals surface area contributed by atoms with Crippen LogP contribution in [-0.2, 0) is 4.74 Å². The lowest BCUT2D eigenvalue weighted by Gasteiger charge is -2.39. The normalized spacial score (nSPS) is 28.9. The van der Waals surface area contributed by atoms with E-state index in [4.69, 9.17) is 10.5 Å². The predicted molar refractivity (Wildman–Crippen MR) is 72.9 cm³/mol. The quantitative estimate of drug-likeness (QED) is 0.804. The third-order valence-corrected chi connectivity index (χ3v) is 3.87. The first-order valence-electron chi connectivity index (χ1n) is 6.49. The van der Waals surface area contributed by atoms with Crippen molar-refractivity contribution < 1.29 is 17.9 Å². The molecule has 0 aromatic heterocycles. The molecule has 1 aliphatic rings. The molecule has 0 spiro atoms. The zero-order valence-electron chi connectivity index (χ0n) is 11.6. The molecule has 6 heteroatoms. The van der Waals surface area contributed by atoms with Gasteiger partial charge in [0.05, 0.1) is 17.7 Å². The van der Waals surface area contributed by atoms with E-state index < -0.39 is 23.7 Å². The van der Waals surface area contributed by atoms with Gasteiger partial charge in [0, 0.05) is 0 Å². The van der Waals surface area contributed by atoms with Crippen LogP contribution in [0.2, 0.25) is 0 Å². The molecule has 1 rings (SSSR count). The summed E-state index contributed by atoms with van der Waals surface area (Å²) in [5.41, 5.74) is 5.26. The Morgan fingerprint density at radius 3 is 2.42 bits per heavy atom. The van der Waals surface area contributed by atoms with E-state index in [0.717, 1.165) is 19.3 Å². The first-order valence-corrected chi connectivity index (χ1v) is 6.90. The highest BCUT2D eigenvalue weighted by molar-refractivity contribution is 7.80. The molecule has 0 amide bonds. The van der Waals surface area contributed by atoms with Gasteiger partial charge in [0.2, 0.25) is 0 Å². The van der Waals surface area contributed by atoms with Gasteiger partial charge in [0.1, 0.15) is 5.92 Å². The number of hydrogen-bond acceptors (Lipinski definition) is 2. The van der Waals surface area contributed by atoms with Crippen LogP contribution in [0.5, 0.6) is 0 Å². The van der Waals surface area contributed by atoms with Gasteiger partial charge in [0.25, 0.3) is 0 Å². The van der Waals surface area contributed by atoms with Crippen LogP contribution in [0.15, 0.2) is 0 Å². The van der Waals surface area contributed by atoms with Gasteiger partial charge in [-0.2, -0.15) is 13.2 Å². The molecule has 112 valence electrons. The van der Waals surface area contributed by atoms with Crippen molar-refractivity contribution in [2.45, 2.75) is 52.3 Å². The van der Waals surface area contributed by atoms with Crippen molar-refractivity contribution in [1.82, 2.24) is 0 Å². The molecule has 1 saturated carbocycles. The van der Waals surface area contributed by atoms with Crippen LogP contribution in [0.3, 0.4) is 0 Å². The van der Waals surface area contributed by atoms with Crippen molar-refractivity contribution in [1.29, 1.82) is 0 Å². The van der Waals surface area contributed by atoms with E-state index in [2.05, 4.69) is 33.0 Å². The van der Waals surface area contributed by atoms with Gasteiger partial charge in [-0.25, -0.2) is 0 Å². The summed E-state index contributed by atoms with van der Waals surface area (Å²) in [5, 5.41) is 0. The van der Waals surface area contributed by atoms with Gasteiger partial charge in [-0.3, -0.25) is 0 Å². The first-order chi connectivity index (χ1) is 8.51. The Morgan fingerprint density at radius 1 is 1.42 bits per heavy atom. The van der Waals surface area contributed by atoms with Crippen molar-refractivity contribution in [2.24, 2.45) is 23.0 Å². The van der Waals surface area contributed by atoms with Crippen LogP contribution in [0.4, 0.5) is 13.2 Å². The number of thiocarbonyl (C=S) groups is 1. The summed E-state index contributed by atoms with van der Waals surface area (Å²) in [6, 6.07) is 0. The smallest absolute Gasteiger partial charge is 0.393 e. The third kappa shape index (κ3) is 5.26. The van der Waals surface area contributed by atoms with Crippen LogP contribution < -0.4 is 5.73 Å². The molecule has 1 aliphatic carbocycles. The minimum Gasteiger partial charge on any atom is -0.393 e. The fraction of sp³-hybridized carbons (Fsp3) is 0.923. The Hall–Kier alpha value is -0.360. The maximum absolute atomic E-state index is 12.7. The lowest BCUT2D eigenvalue weighted by molar-refractivity contribution is -0.174. The molecule has 3 unspecified atom stereocenters. The molecular formula is C13H22F3NOS. The topological polar surface area (TPSA) is 35.2 Å². The van der Waals surface area contributed by atoms with Crippen LogP contribution in [-0.4, -0.2) is 23.9 Å².